The van der Waals surface area contributed by atoms with Gasteiger partial charge in [-0.1, -0.05) is 11.9 Å². The predicted molar refractivity (Wildman–Crippen MR) is 61.1 cm³/mol. The first-order valence-electron chi connectivity index (χ1n) is 5.08. The molecule has 0 unspecified atom stereocenters. The third-order valence-corrected chi connectivity index (χ3v) is 2.83. The summed E-state index contributed by atoms with van der Waals surface area (Å²) in [6.45, 7) is 0.448. The van der Waals surface area contributed by atoms with Crippen molar-refractivity contribution >= 4 is 24.6 Å². The summed E-state index contributed by atoms with van der Waals surface area (Å²) in [5.74, 6) is 0.952. The highest BCUT2D eigenvalue weighted by molar-refractivity contribution is 7.52. The molecule has 0 fully saturated rings. The molecule has 0 radical (unpaired) electrons. The number of hydrogen-bond donors (Lipinski definition) is 1. The van der Waals surface area contributed by atoms with Gasteiger partial charge in [-0.15, -0.1) is 0 Å². The monoisotopic (exact) mass is 267 g/mol. The molecule has 2 rings (SSSR count). The van der Waals surface area contributed by atoms with Gasteiger partial charge in [0.1, 0.15) is 11.8 Å². The van der Waals surface area contributed by atoms with Crippen LogP contribution < -0.4 is 15.5 Å². The lowest BCUT2D eigenvalue weighted by Crippen LogP contribution is -2.10. The molecule has 0 saturated heterocycles. The average Bonchev–Trinajstić information content (AvgIpc) is 2.68. The number of aromatic nitrogens is 4. The van der Waals surface area contributed by atoms with Crippen LogP contribution in [0.2, 0.25) is 0 Å². The zero-order valence-electron chi connectivity index (χ0n) is 9.26. The van der Waals surface area contributed by atoms with Crippen LogP contribution >= 0.6 is 7.60 Å². The number of anilines is 1. The summed E-state index contributed by atoms with van der Waals surface area (Å²) in [6.07, 6.45) is 4.55. The molecule has 0 amide bonds. The molecule has 18 heavy (non-hydrogen) atoms. The quantitative estimate of drug-likeness (QED) is 0.718. The first-order chi connectivity index (χ1) is 8.47. The van der Waals surface area contributed by atoms with Crippen LogP contribution in [0.5, 0.6) is 0 Å². The fourth-order valence-corrected chi connectivity index (χ4v) is 1.89. The second-order valence-electron chi connectivity index (χ2n) is 3.58. The van der Waals surface area contributed by atoms with Crippen molar-refractivity contribution in [3.8, 4) is 0 Å². The second-order valence-corrected chi connectivity index (χ2v) is 4.96. The van der Waals surface area contributed by atoms with Crippen LogP contribution in [-0.4, -0.2) is 19.5 Å². The Kier molecular flexibility index (Phi) is 3.42. The Hall–Kier alpha value is -1.76. The fourth-order valence-electron chi connectivity index (χ4n) is 1.48. The summed E-state index contributed by atoms with van der Waals surface area (Å²) < 4.78 is 12.1. The van der Waals surface area contributed by atoms with Crippen LogP contribution in [0.4, 0.5) is 5.82 Å². The highest BCUT2D eigenvalue weighted by Gasteiger charge is 2.06. The predicted octanol–water partition coefficient (Wildman–Crippen LogP) is -0.774. The molecule has 0 aromatic carbocycles. The summed E-state index contributed by atoms with van der Waals surface area (Å²) in [7, 11) is -4.58. The summed E-state index contributed by atoms with van der Waals surface area (Å²) in [5, 5.41) is 0. The maximum Gasteiger partial charge on any atom is 0.165 e. The van der Waals surface area contributed by atoms with Crippen molar-refractivity contribution in [2.75, 3.05) is 5.73 Å². The molecule has 2 aromatic rings. The Labute approximate surface area is 102 Å². The molecule has 0 atom stereocenters. The SMILES string of the molecule is Nc1ncnc2c1ncn2CC/C=C\P(=O)([O-])[O-]. The molecule has 0 saturated carbocycles. The molecule has 2 heterocycles. The molecule has 0 aliphatic heterocycles. The molecular formula is C9H10N5O3P-2. The fraction of sp³-hybridized carbons (Fsp3) is 0.222. The van der Waals surface area contributed by atoms with E-state index in [2.05, 4.69) is 15.0 Å². The van der Waals surface area contributed by atoms with Gasteiger partial charge in [-0.05, 0) is 14.0 Å². The molecule has 9 heteroatoms. The largest absolute Gasteiger partial charge is 0.808 e. The van der Waals surface area contributed by atoms with Gasteiger partial charge in [-0.3, -0.25) is 0 Å². The standard InChI is InChI=1S/C9H12N5O3P/c10-8-7-9(12-5-11-8)14(6-13-7)3-1-2-4-18(15,16)17/h2,4-6H,1,3H2,(H2,10,11,12)(H2,15,16,17)/p-2/b4-2-. The maximum atomic E-state index is 10.4. The van der Waals surface area contributed by atoms with Gasteiger partial charge in [0.2, 0.25) is 0 Å². The van der Waals surface area contributed by atoms with Crippen LogP contribution in [0.3, 0.4) is 0 Å². The average molecular weight is 267 g/mol. The molecule has 0 aliphatic rings. The first kappa shape index (κ1) is 12.7. The van der Waals surface area contributed by atoms with Crippen molar-refractivity contribution in [1.82, 2.24) is 19.5 Å². The van der Waals surface area contributed by atoms with Gasteiger partial charge >= 0.3 is 0 Å². The molecular weight excluding hydrogens is 257 g/mol. The number of allylic oxidation sites excluding steroid dienone is 1. The maximum absolute atomic E-state index is 10.4. The van der Waals surface area contributed by atoms with Crippen molar-refractivity contribution in [2.45, 2.75) is 13.0 Å². The number of fused-ring (bicyclic) bond motifs is 1. The Balaban J connectivity index is 2.11. The van der Waals surface area contributed by atoms with Crippen molar-refractivity contribution in [2.24, 2.45) is 0 Å². The number of nitrogen functional groups attached to an aromatic ring is 1. The van der Waals surface area contributed by atoms with Gasteiger partial charge < -0.3 is 24.7 Å². The van der Waals surface area contributed by atoms with E-state index in [4.69, 9.17) is 5.73 Å². The van der Waals surface area contributed by atoms with E-state index in [-0.39, 0.29) is 5.82 Å². The van der Waals surface area contributed by atoms with E-state index in [1.807, 2.05) is 0 Å². The van der Waals surface area contributed by atoms with Crippen LogP contribution in [0, 0.1) is 0 Å². The molecule has 0 bridgehead atoms. The third-order valence-electron chi connectivity index (χ3n) is 2.25. The number of nitrogens with two attached hydrogens (primary N) is 1. The second kappa shape index (κ2) is 4.85. The van der Waals surface area contributed by atoms with E-state index < -0.39 is 7.60 Å². The topological polar surface area (TPSA) is 133 Å². The molecule has 2 N–H and O–H groups in total. The number of nitrogens with zero attached hydrogens (tertiary/aromatic N) is 4. The zero-order chi connectivity index (χ0) is 13.2. The minimum atomic E-state index is -4.58. The summed E-state index contributed by atoms with van der Waals surface area (Å²) in [4.78, 5) is 32.7. The van der Waals surface area contributed by atoms with E-state index in [1.54, 1.807) is 4.57 Å². The van der Waals surface area contributed by atoms with Gasteiger partial charge in [0.05, 0.1) is 6.33 Å². The van der Waals surface area contributed by atoms with Gasteiger partial charge in [0, 0.05) is 6.54 Å². The van der Waals surface area contributed by atoms with Crippen molar-refractivity contribution in [3.63, 3.8) is 0 Å². The molecule has 0 spiro atoms. The summed E-state index contributed by atoms with van der Waals surface area (Å²) >= 11 is 0. The van der Waals surface area contributed by atoms with Crippen molar-refractivity contribution in [1.29, 1.82) is 0 Å². The Morgan fingerprint density at radius 3 is 2.89 bits per heavy atom. The molecule has 8 nitrogen and oxygen atoms in total. The minimum absolute atomic E-state index is 0.290. The van der Waals surface area contributed by atoms with E-state index in [9.17, 15) is 14.4 Å². The smallest absolute Gasteiger partial charge is 0.165 e. The van der Waals surface area contributed by atoms with Gasteiger partial charge in [-0.25, -0.2) is 15.0 Å². The van der Waals surface area contributed by atoms with Crippen LogP contribution in [-0.2, 0) is 11.1 Å². The van der Waals surface area contributed by atoms with E-state index in [0.717, 1.165) is 0 Å². The van der Waals surface area contributed by atoms with Gasteiger partial charge in [0.15, 0.2) is 11.5 Å². The van der Waals surface area contributed by atoms with Crippen molar-refractivity contribution in [3.05, 3.63) is 24.5 Å². The van der Waals surface area contributed by atoms with Crippen molar-refractivity contribution < 1.29 is 14.4 Å². The Bertz CT molecular complexity index is 632. The third kappa shape index (κ3) is 2.92. The lowest BCUT2D eigenvalue weighted by atomic mass is 10.4. The van der Waals surface area contributed by atoms with Crippen LogP contribution in [0.15, 0.2) is 24.5 Å². The lowest BCUT2D eigenvalue weighted by Gasteiger charge is -2.24. The highest BCUT2D eigenvalue weighted by atomic mass is 31.2. The lowest BCUT2D eigenvalue weighted by molar-refractivity contribution is -0.308. The number of aryl methyl sites for hydroxylation is 1. The van der Waals surface area contributed by atoms with E-state index >= 15 is 0 Å². The minimum Gasteiger partial charge on any atom is -0.808 e. The Morgan fingerprint density at radius 2 is 2.17 bits per heavy atom. The summed E-state index contributed by atoms with van der Waals surface area (Å²) in [6, 6.07) is 0. The summed E-state index contributed by atoms with van der Waals surface area (Å²) in [5.41, 5.74) is 6.69. The molecule has 2 aromatic heterocycles. The van der Waals surface area contributed by atoms with Gasteiger partial charge in [0.25, 0.3) is 0 Å². The van der Waals surface area contributed by atoms with Crippen LogP contribution in [0.1, 0.15) is 6.42 Å². The first-order valence-corrected chi connectivity index (χ1v) is 6.69. The highest BCUT2D eigenvalue weighted by Crippen LogP contribution is 2.24. The Morgan fingerprint density at radius 1 is 1.39 bits per heavy atom. The number of rotatable bonds is 4. The molecule has 0 aliphatic carbocycles. The number of hydrogen-bond acceptors (Lipinski definition) is 7. The van der Waals surface area contributed by atoms with Gasteiger partial charge in [-0.2, -0.15) is 0 Å². The normalized spacial score (nSPS) is 12.6. The zero-order valence-corrected chi connectivity index (χ0v) is 10.2. The van der Waals surface area contributed by atoms with E-state index in [0.29, 0.717) is 29.9 Å². The van der Waals surface area contributed by atoms with E-state index in [1.165, 1.54) is 18.7 Å². The molecule has 96 valence electrons. The number of imidazole rings is 1. The van der Waals surface area contributed by atoms with Crippen LogP contribution in [0.25, 0.3) is 11.2 Å².